The van der Waals surface area contributed by atoms with Crippen molar-refractivity contribution in [3.63, 3.8) is 0 Å². The Labute approximate surface area is 198 Å². The van der Waals surface area contributed by atoms with E-state index in [9.17, 15) is 13.2 Å². The molecule has 1 unspecified atom stereocenters. The zero-order valence-corrected chi connectivity index (χ0v) is 19.4. The third-order valence-electron chi connectivity index (χ3n) is 5.26. The van der Waals surface area contributed by atoms with Crippen LogP contribution in [0.2, 0.25) is 0 Å². The number of methoxy groups -OCH3 is 1. The average Bonchev–Trinajstić information content (AvgIpc) is 3.15. The number of ether oxygens (including phenoxy) is 1. The lowest BCUT2D eigenvalue weighted by Crippen LogP contribution is -2.40. The van der Waals surface area contributed by atoms with Crippen molar-refractivity contribution in [1.82, 2.24) is 15.2 Å². The summed E-state index contributed by atoms with van der Waals surface area (Å²) in [6.07, 6.45) is 3.51. The molecule has 1 aliphatic rings. The number of anilines is 1. The van der Waals surface area contributed by atoms with E-state index >= 15 is 0 Å². The number of hydrogen-bond acceptors (Lipinski definition) is 8. The van der Waals surface area contributed by atoms with Crippen LogP contribution in [-0.4, -0.2) is 35.5 Å². The maximum Gasteiger partial charge on any atom is 0.203 e. The van der Waals surface area contributed by atoms with Crippen molar-refractivity contribution in [2.45, 2.75) is 26.4 Å². The molecule has 0 fully saturated rings. The highest BCUT2D eigenvalue weighted by Crippen LogP contribution is 2.29. The number of thiazole rings is 1. The minimum absolute atomic E-state index is 0.00777. The molecule has 0 saturated heterocycles. The van der Waals surface area contributed by atoms with Crippen molar-refractivity contribution in [3.8, 4) is 6.19 Å². The molecule has 0 saturated carbocycles. The lowest BCUT2D eigenvalue weighted by Gasteiger charge is -2.31. The maximum absolute atomic E-state index is 13.8. The third-order valence-corrected chi connectivity index (χ3v) is 6.19. The van der Waals surface area contributed by atoms with Gasteiger partial charge in [-0.1, -0.05) is 0 Å². The first kappa shape index (κ1) is 23.4. The molecule has 3 aromatic rings. The summed E-state index contributed by atoms with van der Waals surface area (Å²) in [5.41, 5.74) is 2.80. The molecule has 1 atom stereocenters. The summed E-state index contributed by atoms with van der Waals surface area (Å²) in [7, 11) is 1.47. The van der Waals surface area contributed by atoms with Gasteiger partial charge in [-0.15, -0.1) is 11.3 Å². The van der Waals surface area contributed by atoms with Crippen molar-refractivity contribution < 1.29 is 17.9 Å². The largest absolute Gasteiger partial charge is 0.497 e. The topological polar surface area (TPSA) is 85.6 Å². The molecule has 0 radical (unpaired) electrons. The number of fused-ring (bicyclic) bond motifs is 1. The second-order valence-electron chi connectivity index (χ2n) is 7.69. The van der Waals surface area contributed by atoms with Crippen molar-refractivity contribution >= 4 is 33.2 Å². The monoisotopic (exact) mass is 486 g/mol. The number of rotatable bonds is 6. The number of aromatic nitrogens is 1. The van der Waals surface area contributed by atoms with Crippen LogP contribution in [-0.2, 0) is 11.3 Å². The van der Waals surface area contributed by atoms with Crippen molar-refractivity contribution in [1.29, 1.82) is 5.26 Å². The van der Waals surface area contributed by atoms with Gasteiger partial charge in [0.05, 0.1) is 35.4 Å². The smallest absolute Gasteiger partial charge is 0.203 e. The van der Waals surface area contributed by atoms with E-state index in [1.807, 2.05) is 32.2 Å². The normalized spacial score (nSPS) is 15.6. The summed E-state index contributed by atoms with van der Waals surface area (Å²) in [5, 5.41) is 15.7. The number of nitrogens with one attached hydrogen (secondary N) is 2. The molecule has 4 rings (SSSR count). The molecule has 2 aromatic carbocycles. The molecule has 1 aromatic heterocycles. The molecule has 7 nitrogen and oxygen atoms in total. The van der Waals surface area contributed by atoms with Crippen molar-refractivity contribution in [2.75, 3.05) is 19.0 Å². The summed E-state index contributed by atoms with van der Waals surface area (Å²) >= 11 is 1.56. The summed E-state index contributed by atoms with van der Waals surface area (Å²) in [6.45, 7) is 4.05. The van der Waals surface area contributed by atoms with E-state index in [2.05, 4.69) is 20.6 Å². The first-order chi connectivity index (χ1) is 16.3. The Kier molecular flexibility index (Phi) is 6.61. The molecule has 0 amide bonds. The zero-order valence-electron chi connectivity index (χ0n) is 18.6. The predicted molar refractivity (Wildman–Crippen MR) is 125 cm³/mol. The lowest BCUT2D eigenvalue weighted by molar-refractivity contribution is 0.249. The van der Waals surface area contributed by atoms with Crippen LogP contribution in [0.15, 0.2) is 41.2 Å². The van der Waals surface area contributed by atoms with E-state index in [-0.39, 0.29) is 18.7 Å². The quantitative estimate of drug-likeness (QED) is 0.302. The van der Waals surface area contributed by atoms with Gasteiger partial charge < -0.3 is 20.3 Å². The van der Waals surface area contributed by atoms with E-state index in [0.717, 1.165) is 38.6 Å². The number of benzene rings is 2. The minimum Gasteiger partial charge on any atom is -0.497 e. The molecule has 1 aliphatic heterocycles. The van der Waals surface area contributed by atoms with Gasteiger partial charge in [-0.25, -0.2) is 23.1 Å². The Balaban J connectivity index is 1.71. The highest BCUT2D eigenvalue weighted by atomic mass is 32.1. The first-order valence-corrected chi connectivity index (χ1v) is 11.1. The summed E-state index contributed by atoms with van der Waals surface area (Å²) in [4.78, 5) is 10.8. The molecule has 0 bridgehead atoms. The zero-order chi connectivity index (χ0) is 24.4. The Hall–Kier alpha value is -3.78. The fraction of sp³-hybridized carbons (Fsp3) is 0.261. The van der Waals surface area contributed by atoms with Crippen molar-refractivity contribution in [3.05, 3.63) is 69.8 Å². The maximum atomic E-state index is 13.8. The van der Waals surface area contributed by atoms with Crippen LogP contribution in [0.25, 0.3) is 10.2 Å². The Morgan fingerprint density at radius 3 is 2.59 bits per heavy atom. The summed E-state index contributed by atoms with van der Waals surface area (Å²) in [5.74, 6) is -3.24. The van der Waals surface area contributed by atoms with Crippen LogP contribution < -0.4 is 10.6 Å². The van der Waals surface area contributed by atoms with Gasteiger partial charge in [0.1, 0.15) is 11.8 Å². The van der Waals surface area contributed by atoms with Crippen LogP contribution in [0.4, 0.5) is 18.9 Å². The van der Waals surface area contributed by atoms with Gasteiger partial charge in [0.2, 0.25) is 5.96 Å². The van der Waals surface area contributed by atoms with Crippen molar-refractivity contribution in [2.24, 2.45) is 4.99 Å². The lowest BCUT2D eigenvalue weighted by atomic mass is 10.1. The van der Waals surface area contributed by atoms with Crippen LogP contribution in [0.5, 0.6) is 0 Å². The second kappa shape index (κ2) is 9.61. The number of halogens is 3. The van der Waals surface area contributed by atoms with Crippen LogP contribution >= 0.6 is 11.3 Å². The summed E-state index contributed by atoms with van der Waals surface area (Å²) < 4.78 is 47.5. The van der Waals surface area contributed by atoms with Crippen LogP contribution in [0.3, 0.4) is 0 Å². The summed E-state index contributed by atoms with van der Waals surface area (Å²) in [6, 6.07) is 5.30. The molecule has 176 valence electrons. The highest BCUT2D eigenvalue weighted by molar-refractivity contribution is 7.18. The Morgan fingerprint density at radius 2 is 1.91 bits per heavy atom. The average molecular weight is 487 g/mol. The SMILES string of the molecule is COC1=CN(Cc2cc(F)c(F)c(F)c2)C(Nc2cc3sc(C)nc3cc2C)=NC1CNC#N. The molecular weight excluding hydrogens is 465 g/mol. The van der Waals surface area contributed by atoms with Gasteiger partial charge in [0.25, 0.3) is 0 Å². The standard InChI is InChI=1S/C23H21F3N6OS/c1-12-4-18-21(34-13(2)29-18)7-17(12)30-23-31-19(8-28-11-27)20(33-3)10-32(23)9-14-5-15(24)22(26)16(25)6-14/h4-7,10,19,28H,8-9H2,1-3H3,(H,30,31). The van der Waals surface area contributed by atoms with Gasteiger partial charge in [-0.3, -0.25) is 0 Å². The molecular formula is C23H21F3N6OS. The molecule has 11 heteroatoms. The fourth-order valence-corrected chi connectivity index (χ4v) is 4.48. The predicted octanol–water partition coefficient (Wildman–Crippen LogP) is 4.54. The van der Waals surface area contributed by atoms with Crippen LogP contribution in [0, 0.1) is 42.8 Å². The highest BCUT2D eigenvalue weighted by Gasteiger charge is 2.26. The first-order valence-electron chi connectivity index (χ1n) is 10.3. The van der Waals surface area contributed by atoms with Gasteiger partial charge in [0, 0.05) is 11.9 Å². The number of nitriles is 1. The number of guanidine groups is 1. The van der Waals surface area contributed by atoms with E-state index in [1.165, 1.54) is 7.11 Å². The van der Waals surface area contributed by atoms with E-state index in [4.69, 9.17) is 10.00 Å². The van der Waals surface area contributed by atoms with E-state index < -0.39 is 23.5 Å². The Bertz CT molecular complexity index is 1320. The van der Waals surface area contributed by atoms with Gasteiger partial charge >= 0.3 is 0 Å². The third kappa shape index (κ3) is 4.77. The number of nitrogens with zero attached hydrogens (tertiary/aromatic N) is 4. The van der Waals surface area contributed by atoms with Gasteiger partial charge in [-0.05, 0) is 49.2 Å². The molecule has 34 heavy (non-hydrogen) atoms. The second-order valence-corrected chi connectivity index (χ2v) is 8.93. The fourth-order valence-electron chi connectivity index (χ4n) is 3.63. The number of aliphatic imine (C=N–C) groups is 1. The molecule has 0 aliphatic carbocycles. The van der Waals surface area contributed by atoms with Crippen LogP contribution in [0.1, 0.15) is 16.1 Å². The van der Waals surface area contributed by atoms with E-state index in [1.54, 1.807) is 22.4 Å². The molecule has 2 N–H and O–H groups in total. The minimum atomic E-state index is -1.52. The number of aryl methyl sites for hydroxylation is 2. The Morgan fingerprint density at radius 1 is 1.18 bits per heavy atom. The van der Waals surface area contributed by atoms with Gasteiger partial charge in [0.15, 0.2) is 23.6 Å². The number of hydrogen-bond donors (Lipinski definition) is 2. The molecule has 0 spiro atoms. The molecule has 2 heterocycles. The van der Waals surface area contributed by atoms with Gasteiger partial charge in [-0.2, -0.15) is 5.26 Å². The van der Waals surface area contributed by atoms with E-state index in [0.29, 0.717) is 11.7 Å².